The molecule has 1 heterocycles. The first-order chi connectivity index (χ1) is 9.24. The van der Waals surface area contributed by atoms with Crippen LogP contribution in [0, 0.1) is 5.92 Å². The number of hydrogen-bond donors (Lipinski definition) is 1. The Bertz CT molecular complexity index is 251. The van der Waals surface area contributed by atoms with Crippen LogP contribution >= 0.6 is 0 Å². The van der Waals surface area contributed by atoms with Crippen molar-refractivity contribution in [2.45, 2.75) is 50.9 Å². The molecule has 2 fully saturated rings. The topological polar surface area (TPSA) is 33.7 Å². The summed E-state index contributed by atoms with van der Waals surface area (Å²) in [5, 5.41) is 3.74. The Morgan fingerprint density at radius 2 is 1.68 bits per heavy atom. The number of nitrogens with one attached hydrogen (secondary N) is 1. The molecule has 2 rings (SSSR count). The Kier molecular flexibility index (Phi) is 6.07. The Hall–Kier alpha value is -0.160. The van der Waals surface area contributed by atoms with Crippen LogP contribution in [-0.4, -0.2) is 63.5 Å². The molecule has 0 amide bonds. The van der Waals surface area contributed by atoms with Crippen molar-refractivity contribution in [1.82, 2.24) is 10.2 Å². The highest BCUT2D eigenvalue weighted by molar-refractivity contribution is 4.86. The summed E-state index contributed by atoms with van der Waals surface area (Å²) >= 11 is 0. The van der Waals surface area contributed by atoms with Gasteiger partial charge in [0.05, 0.1) is 12.2 Å². The number of methoxy groups -OCH3 is 2. The second kappa shape index (κ2) is 7.58. The lowest BCUT2D eigenvalue weighted by molar-refractivity contribution is -0.00461. The van der Waals surface area contributed by atoms with Crippen LogP contribution in [0.1, 0.15) is 32.6 Å². The summed E-state index contributed by atoms with van der Waals surface area (Å²) in [4.78, 5) is 2.45. The predicted octanol–water partition coefficient (Wildman–Crippen LogP) is 1.50. The van der Waals surface area contributed by atoms with E-state index in [4.69, 9.17) is 9.47 Å². The van der Waals surface area contributed by atoms with E-state index >= 15 is 0 Å². The van der Waals surface area contributed by atoms with E-state index in [-0.39, 0.29) is 12.2 Å². The van der Waals surface area contributed by atoms with Gasteiger partial charge in [-0.05, 0) is 18.8 Å². The molecule has 1 aliphatic carbocycles. The van der Waals surface area contributed by atoms with Gasteiger partial charge >= 0.3 is 0 Å². The minimum Gasteiger partial charge on any atom is -0.377 e. The second-order valence-electron chi connectivity index (χ2n) is 6.13. The normalized spacial score (nSPS) is 36.8. The number of rotatable bonds is 6. The highest BCUT2D eigenvalue weighted by atomic mass is 16.5. The van der Waals surface area contributed by atoms with Crippen molar-refractivity contribution in [2.24, 2.45) is 5.92 Å². The van der Waals surface area contributed by atoms with Crippen molar-refractivity contribution in [3.05, 3.63) is 0 Å². The first kappa shape index (κ1) is 15.2. The van der Waals surface area contributed by atoms with Gasteiger partial charge in [-0.1, -0.05) is 19.8 Å². The van der Waals surface area contributed by atoms with Gasteiger partial charge in [0.1, 0.15) is 0 Å². The van der Waals surface area contributed by atoms with Crippen molar-refractivity contribution < 1.29 is 9.47 Å². The molecular weight excluding hydrogens is 240 g/mol. The maximum Gasteiger partial charge on any atom is 0.0971 e. The van der Waals surface area contributed by atoms with Crippen LogP contribution in [0.25, 0.3) is 0 Å². The molecule has 0 aromatic heterocycles. The zero-order chi connectivity index (χ0) is 13.7. The third-order valence-corrected chi connectivity index (χ3v) is 4.84. The highest BCUT2D eigenvalue weighted by Crippen LogP contribution is 2.23. The van der Waals surface area contributed by atoms with Gasteiger partial charge in [-0.2, -0.15) is 0 Å². The first-order valence-electron chi connectivity index (χ1n) is 7.76. The number of nitrogens with zero attached hydrogens (tertiary/aromatic N) is 1. The quantitative estimate of drug-likeness (QED) is 0.793. The lowest BCUT2D eigenvalue weighted by Crippen LogP contribution is -2.41. The molecule has 1 saturated carbocycles. The zero-order valence-corrected chi connectivity index (χ0v) is 12.7. The van der Waals surface area contributed by atoms with Gasteiger partial charge in [-0.15, -0.1) is 0 Å². The lowest BCUT2D eigenvalue weighted by atomic mass is 9.86. The molecule has 112 valence electrons. The molecule has 4 unspecified atom stereocenters. The third-order valence-electron chi connectivity index (χ3n) is 4.84. The summed E-state index contributed by atoms with van der Waals surface area (Å²) in [5.41, 5.74) is 0. The largest absolute Gasteiger partial charge is 0.377 e. The SMILES string of the molecule is COC1CN(CCNC2CCCCC2C)CC1OC. The molecule has 2 aliphatic rings. The van der Waals surface area contributed by atoms with E-state index in [0.29, 0.717) is 0 Å². The average molecular weight is 270 g/mol. The lowest BCUT2D eigenvalue weighted by Gasteiger charge is -2.30. The summed E-state index contributed by atoms with van der Waals surface area (Å²) < 4.78 is 10.9. The Morgan fingerprint density at radius 3 is 2.26 bits per heavy atom. The van der Waals surface area contributed by atoms with Gasteiger partial charge in [0.15, 0.2) is 0 Å². The smallest absolute Gasteiger partial charge is 0.0971 e. The van der Waals surface area contributed by atoms with Gasteiger partial charge in [0.25, 0.3) is 0 Å². The Morgan fingerprint density at radius 1 is 1.05 bits per heavy atom. The zero-order valence-electron chi connectivity index (χ0n) is 12.7. The van der Waals surface area contributed by atoms with Crippen molar-refractivity contribution >= 4 is 0 Å². The van der Waals surface area contributed by atoms with Gasteiger partial charge < -0.3 is 14.8 Å². The summed E-state index contributed by atoms with van der Waals surface area (Å²) in [6, 6.07) is 0.729. The van der Waals surface area contributed by atoms with E-state index < -0.39 is 0 Å². The first-order valence-corrected chi connectivity index (χ1v) is 7.76. The molecule has 0 aromatic rings. The minimum atomic E-state index is 0.235. The fourth-order valence-corrected chi connectivity index (χ4v) is 3.48. The predicted molar refractivity (Wildman–Crippen MR) is 77.5 cm³/mol. The van der Waals surface area contributed by atoms with Crippen LogP contribution in [0.4, 0.5) is 0 Å². The molecule has 0 spiro atoms. The molecule has 4 nitrogen and oxygen atoms in total. The minimum absolute atomic E-state index is 0.235. The number of ether oxygens (including phenoxy) is 2. The van der Waals surface area contributed by atoms with Crippen LogP contribution in [0.3, 0.4) is 0 Å². The van der Waals surface area contributed by atoms with Crippen LogP contribution in [-0.2, 0) is 9.47 Å². The van der Waals surface area contributed by atoms with Crippen molar-refractivity contribution in [3.63, 3.8) is 0 Å². The van der Waals surface area contributed by atoms with Crippen LogP contribution in [0.2, 0.25) is 0 Å². The molecule has 19 heavy (non-hydrogen) atoms. The fraction of sp³-hybridized carbons (Fsp3) is 1.00. The third kappa shape index (κ3) is 4.15. The van der Waals surface area contributed by atoms with E-state index in [0.717, 1.165) is 38.1 Å². The fourth-order valence-electron chi connectivity index (χ4n) is 3.48. The monoisotopic (exact) mass is 270 g/mol. The van der Waals surface area contributed by atoms with Gasteiger partial charge in [-0.3, -0.25) is 4.90 Å². The number of likely N-dealkylation sites (tertiary alicyclic amines) is 1. The van der Waals surface area contributed by atoms with E-state index in [1.165, 1.54) is 25.7 Å². The summed E-state index contributed by atoms with van der Waals surface area (Å²) in [6.45, 7) is 6.56. The highest BCUT2D eigenvalue weighted by Gasteiger charge is 2.32. The summed E-state index contributed by atoms with van der Waals surface area (Å²) in [6.07, 6.45) is 6.01. The Labute approximate surface area is 117 Å². The van der Waals surface area contributed by atoms with Gasteiger partial charge in [0, 0.05) is 46.4 Å². The molecule has 1 saturated heterocycles. The van der Waals surface area contributed by atoms with E-state index in [2.05, 4.69) is 17.1 Å². The molecule has 0 radical (unpaired) electrons. The van der Waals surface area contributed by atoms with Gasteiger partial charge in [-0.25, -0.2) is 0 Å². The van der Waals surface area contributed by atoms with E-state index in [1.807, 2.05) is 0 Å². The molecule has 4 heteroatoms. The Balaban J connectivity index is 1.66. The summed E-state index contributed by atoms with van der Waals surface area (Å²) in [7, 11) is 3.56. The van der Waals surface area contributed by atoms with Crippen LogP contribution in [0.5, 0.6) is 0 Å². The molecule has 4 atom stereocenters. The van der Waals surface area contributed by atoms with E-state index in [1.54, 1.807) is 14.2 Å². The molecule has 0 bridgehead atoms. The van der Waals surface area contributed by atoms with Crippen molar-refractivity contribution in [2.75, 3.05) is 40.4 Å². The van der Waals surface area contributed by atoms with Crippen molar-refractivity contribution in [3.8, 4) is 0 Å². The van der Waals surface area contributed by atoms with E-state index in [9.17, 15) is 0 Å². The molecular formula is C15H30N2O2. The maximum absolute atomic E-state index is 5.47. The van der Waals surface area contributed by atoms with Gasteiger partial charge in [0.2, 0.25) is 0 Å². The maximum atomic E-state index is 5.47. The second-order valence-corrected chi connectivity index (χ2v) is 6.13. The standard InChI is InChI=1S/C15H30N2O2/c1-12-6-4-5-7-13(12)16-8-9-17-10-14(18-2)15(11-17)19-3/h12-16H,4-11H2,1-3H3. The number of hydrogen-bond acceptors (Lipinski definition) is 4. The molecule has 1 N–H and O–H groups in total. The summed E-state index contributed by atoms with van der Waals surface area (Å²) in [5.74, 6) is 0.839. The van der Waals surface area contributed by atoms with Crippen molar-refractivity contribution in [1.29, 1.82) is 0 Å². The molecule has 0 aromatic carbocycles. The van der Waals surface area contributed by atoms with Crippen LogP contribution in [0.15, 0.2) is 0 Å². The van der Waals surface area contributed by atoms with Crippen LogP contribution < -0.4 is 5.32 Å². The molecule has 1 aliphatic heterocycles. The average Bonchev–Trinajstić information content (AvgIpc) is 2.83.